The Kier molecular flexibility index (Phi) is 2.97. The summed E-state index contributed by atoms with van der Waals surface area (Å²) < 4.78 is 13.7. The van der Waals surface area contributed by atoms with E-state index in [1.807, 2.05) is 6.26 Å². The molecule has 0 unspecified atom stereocenters. The quantitative estimate of drug-likeness (QED) is 0.805. The Morgan fingerprint density at radius 2 is 2.13 bits per heavy atom. The third-order valence-electron chi connectivity index (χ3n) is 2.92. The third-order valence-corrected chi connectivity index (χ3v) is 3.90. The van der Waals surface area contributed by atoms with Crippen molar-refractivity contribution in [3.63, 3.8) is 0 Å². The largest absolute Gasteiger partial charge is 0.385 e. The molecule has 0 atom stereocenters. The zero-order chi connectivity index (χ0) is 11.1. The van der Waals surface area contributed by atoms with Crippen LogP contribution in [-0.2, 0) is 5.60 Å². The van der Waals surface area contributed by atoms with E-state index in [0.29, 0.717) is 18.4 Å². The minimum atomic E-state index is -0.987. The van der Waals surface area contributed by atoms with Crippen molar-refractivity contribution >= 4 is 23.4 Å². The first-order chi connectivity index (χ1) is 7.07. The van der Waals surface area contributed by atoms with Gasteiger partial charge in [-0.15, -0.1) is 11.8 Å². The number of rotatable bonds is 2. The molecule has 1 N–H and O–H groups in total. The van der Waals surface area contributed by atoms with Crippen LogP contribution in [0.25, 0.3) is 0 Å². The van der Waals surface area contributed by atoms with Gasteiger partial charge < -0.3 is 5.11 Å². The molecule has 1 aromatic carbocycles. The van der Waals surface area contributed by atoms with E-state index in [1.54, 1.807) is 12.1 Å². The molecule has 1 fully saturated rings. The molecule has 1 saturated carbocycles. The van der Waals surface area contributed by atoms with E-state index < -0.39 is 11.4 Å². The molecule has 82 valence electrons. The fourth-order valence-corrected chi connectivity index (χ4v) is 2.56. The van der Waals surface area contributed by atoms with E-state index >= 15 is 0 Å². The number of benzene rings is 1. The summed E-state index contributed by atoms with van der Waals surface area (Å²) in [6.07, 6.45) is 4.09. The van der Waals surface area contributed by atoms with Crippen LogP contribution in [-0.4, -0.2) is 11.4 Å². The zero-order valence-electron chi connectivity index (χ0n) is 8.39. The van der Waals surface area contributed by atoms with Crippen molar-refractivity contribution in [2.45, 2.75) is 29.8 Å². The lowest BCUT2D eigenvalue weighted by atomic mass is 9.75. The van der Waals surface area contributed by atoms with Crippen LogP contribution in [0.5, 0.6) is 0 Å². The van der Waals surface area contributed by atoms with Crippen LogP contribution in [0.4, 0.5) is 4.39 Å². The molecule has 0 radical (unpaired) electrons. The number of thioether (sulfide) groups is 1. The van der Waals surface area contributed by atoms with Gasteiger partial charge in [-0.3, -0.25) is 0 Å². The highest BCUT2D eigenvalue weighted by Gasteiger charge is 2.39. The summed E-state index contributed by atoms with van der Waals surface area (Å²) in [6.45, 7) is 0. The van der Waals surface area contributed by atoms with Crippen LogP contribution in [0.3, 0.4) is 0 Å². The molecule has 1 nitrogen and oxygen atoms in total. The molecular formula is C11H12ClFOS. The average molecular weight is 247 g/mol. The lowest BCUT2D eigenvalue weighted by molar-refractivity contribution is -0.0418. The Morgan fingerprint density at radius 3 is 2.60 bits per heavy atom. The van der Waals surface area contributed by atoms with Gasteiger partial charge in [0.1, 0.15) is 5.82 Å². The van der Waals surface area contributed by atoms with Crippen LogP contribution < -0.4 is 0 Å². The first kappa shape index (κ1) is 11.2. The SMILES string of the molecule is CSc1cc(Cl)c(F)c(C2(O)CCC2)c1. The second-order valence-electron chi connectivity index (χ2n) is 3.86. The predicted octanol–water partition coefficient (Wildman–Crippen LogP) is 3.57. The van der Waals surface area contributed by atoms with Crippen molar-refractivity contribution in [2.75, 3.05) is 6.26 Å². The molecule has 0 bridgehead atoms. The Hall–Kier alpha value is -0.250. The Balaban J connectivity index is 2.49. The van der Waals surface area contributed by atoms with Crippen LogP contribution in [0.15, 0.2) is 17.0 Å². The summed E-state index contributed by atoms with van der Waals surface area (Å²) in [5.41, 5.74) is -0.634. The lowest BCUT2D eigenvalue weighted by Gasteiger charge is -2.37. The standard InChI is InChI=1S/C11H12ClFOS/c1-15-7-5-8(10(13)9(12)6-7)11(14)3-2-4-11/h5-6,14H,2-4H2,1H3. The van der Waals surface area contributed by atoms with Gasteiger partial charge in [0.15, 0.2) is 0 Å². The van der Waals surface area contributed by atoms with E-state index in [4.69, 9.17) is 11.6 Å². The third kappa shape index (κ3) is 1.88. The van der Waals surface area contributed by atoms with E-state index in [0.717, 1.165) is 11.3 Å². The minimum Gasteiger partial charge on any atom is -0.385 e. The maximum atomic E-state index is 13.7. The second-order valence-corrected chi connectivity index (χ2v) is 5.14. The van der Waals surface area contributed by atoms with Crippen molar-refractivity contribution in [1.82, 2.24) is 0 Å². The fourth-order valence-electron chi connectivity index (χ4n) is 1.80. The van der Waals surface area contributed by atoms with Gasteiger partial charge in [0, 0.05) is 10.5 Å². The Labute approximate surface area is 97.6 Å². The maximum Gasteiger partial charge on any atom is 0.147 e. The maximum absolute atomic E-state index is 13.7. The van der Waals surface area contributed by atoms with Crippen LogP contribution in [0.2, 0.25) is 5.02 Å². The number of halogens is 2. The molecular weight excluding hydrogens is 235 g/mol. The first-order valence-corrected chi connectivity index (χ1v) is 6.43. The highest BCUT2D eigenvalue weighted by Crippen LogP contribution is 2.44. The number of hydrogen-bond acceptors (Lipinski definition) is 2. The van der Waals surface area contributed by atoms with E-state index in [9.17, 15) is 9.50 Å². The first-order valence-electron chi connectivity index (χ1n) is 4.83. The van der Waals surface area contributed by atoms with Crippen LogP contribution >= 0.6 is 23.4 Å². The highest BCUT2D eigenvalue weighted by molar-refractivity contribution is 7.98. The molecule has 15 heavy (non-hydrogen) atoms. The molecule has 0 aliphatic heterocycles. The predicted molar refractivity (Wildman–Crippen MR) is 60.9 cm³/mol. The summed E-state index contributed by atoms with van der Waals surface area (Å²) in [5.74, 6) is -0.475. The summed E-state index contributed by atoms with van der Waals surface area (Å²) in [7, 11) is 0. The van der Waals surface area contributed by atoms with Crippen molar-refractivity contribution < 1.29 is 9.50 Å². The summed E-state index contributed by atoms with van der Waals surface area (Å²) in [5, 5.41) is 10.2. The Morgan fingerprint density at radius 1 is 1.47 bits per heavy atom. The average Bonchev–Trinajstić information content (AvgIpc) is 2.18. The highest BCUT2D eigenvalue weighted by atomic mass is 35.5. The van der Waals surface area contributed by atoms with Gasteiger partial charge >= 0.3 is 0 Å². The van der Waals surface area contributed by atoms with E-state index in [2.05, 4.69) is 0 Å². The number of hydrogen-bond donors (Lipinski definition) is 1. The van der Waals surface area contributed by atoms with Gasteiger partial charge in [0.05, 0.1) is 10.6 Å². The normalized spacial score (nSPS) is 18.7. The number of aliphatic hydroxyl groups is 1. The monoisotopic (exact) mass is 246 g/mol. The van der Waals surface area contributed by atoms with Gasteiger partial charge in [0.2, 0.25) is 0 Å². The topological polar surface area (TPSA) is 20.2 Å². The zero-order valence-corrected chi connectivity index (χ0v) is 9.96. The van der Waals surface area contributed by atoms with Crippen molar-refractivity contribution in [2.24, 2.45) is 0 Å². The molecule has 0 saturated heterocycles. The Bertz CT molecular complexity index is 390. The van der Waals surface area contributed by atoms with Crippen molar-refractivity contribution in [3.05, 3.63) is 28.5 Å². The summed E-state index contributed by atoms with van der Waals surface area (Å²) in [4.78, 5) is 0.886. The molecule has 0 amide bonds. The van der Waals surface area contributed by atoms with Gasteiger partial charge in [-0.25, -0.2) is 4.39 Å². The van der Waals surface area contributed by atoms with Crippen LogP contribution in [0, 0.1) is 5.82 Å². The van der Waals surface area contributed by atoms with Crippen LogP contribution in [0.1, 0.15) is 24.8 Å². The van der Waals surface area contributed by atoms with Gasteiger partial charge in [0.25, 0.3) is 0 Å². The van der Waals surface area contributed by atoms with Crippen molar-refractivity contribution in [1.29, 1.82) is 0 Å². The fraction of sp³-hybridized carbons (Fsp3) is 0.455. The van der Waals surface area contributed by atoms with E-state index in [-0.39, 0.29) is 5.02 Å². The minimum absolute atomic E-state index is 0.0946. The molecule has 4 heteroatoms. The molecule has 2 rings (SSSR count). The lowest BCUT2D eigenvalue weighted by Crippen LogP contribution is -2.34. The smallest absolute Gasteiger partial charge is 0.147 e. The van der Waals surface area contributed by atoms with Gasteiger partial charge in [-0.05, 0) is 37.7 Å². The van der Waals surface area contributed by atoms with Gasteiger partial charge in [-0.1, -0.05) is 11.6 Å². The van der Waals surface area contributed by atoms with Crippen molar-refractivity contribution in [3.8, 4) is 0 Å². The summed E-state index contributed by atoms with van der Waals surface area (Å²) in [6, 6.07) is 3.29. The van der Waals surface area contributed by atoms with E-state index in [1.165, 1.54) is 11.8 Å². The summed E-state index contributed by atoms with van der Waals surface area (Å²) >= 11 is 7.28. The molecule has 0 spiro atoms. The molecule has 0 aromatic heterocycles. The molecule has 1 aliphatic carbocycles. The van der Waals surface area contributed by atoms with Gasteiger partial charge in [-0.2, -0.15) is 0 Å². The second kappa shape index (κ2) is 3.96. The molecule has 1 aliphatic rings. The molecule has 0 heterocycles. The molecule has 1 aromatic rings.